The number of pyridine rings is 1. The van der Waals surface area contributed by atoms with Gasteiger partial charge in [-0.3, -0.25) is 14.9 Å². The smallest absolute Gasteiger partial charge is 0.269 e. The van der Waals surface area contributed by atoms with E-state index in [-0.39, 0.29) is 17.3 Å². The minimum Gasteiger partial charge on any atom is -0.497 e. The summed E-state index contributed by atoms with van der Waals surface area (Å²) in [5, 5.41) is 24.0. The van der Waals surface area contributed by atoms with Crippen molar-refractivity contribution in [2.75, 3.05) is 18.2 Å². The zero-order chi connectivity index (χ0) is 25.5. The molecule has 1 amide bonds. The third-order valence-electron chi connectivity index (χ3n) is 5.27. The highest BCUT2D eigenvalue weighted by Crippen LogP contribution is 2.34. The highest BCUT2D eigenvalue weighted by Gasteiger charge is 2.17. The Balaban J connectivity index is 1.63. The number of nitrogens with one attached hydrogen (secondary N) is 1. The SMILES string of the molecule is COc1ccc(-c2cc(-c3ccccc3)c(C#N)c(SCC(=O)Nc3ccc([N+](=O)[O-])cc3)n2)cc1. The van der Waals surface area contributed by atoms with Crippen molar-refractivity contribution in [1.29, 1.82) is 5.26 Å². The van der Waals surface area contributed by atoms with Gasteiger partial charge in [0.05, 0.1) is 29.0 Å². The first kappa shape index (κ1) is 24.4. The number of non-ortho nitro benzene ring substituents is 1. The fourth-order valence-electron chi connectivity index (χ4n) is 3.49. The maximum absolute atomic E-state index is 12.6. The molecule has 4 aromatic rings. The number of aromatic nitrogens is 1. The highest BCUT2D eigenvalue weighted by molar-refractivity contribution is 8.00. The summed E-state index contributed by atoms with van der Waals surface area (Å²) in [6.07, 6.45) is 0. The lowest BCUT2D eigenvalue weighted by molar-refractivity contribution is -0.384. The molecule has 3 aromatic carbocycles. The van der Waals surface area contributed by atoms with E-state index in [0.717, 1.165) is 28.5 Å². The number of hydrogen-bond acceptors (Lipinski definition) is 7. The summed E-state index contributed by atoms with van der Waals surface area (Å²) < 4.78 is 5.24. The predicted octanol–water partition coefficient (Wildman–Crippen LogP) is 5.93. The van der Waals surface area contributed by atoms with Crippen molar-refractivity contribution in [1.82, 2.24) is 4.98 Å². The molecule has 36 heavy (non-hydrogen) atoms. The fraction of sp³-hybridized carbons (Fsp3) is 0.0741. The molecule has 0 bridgehead atoms. The maximum atomic E-state index is 12.6. The van der Waals surface area contributed by atoms with Crippen LogP contribution in [0.3, 0.4) is 0 Å². The number of rotatable bonds is 8. The van der Waals surface area contributed by atoms with Crippen LogP contribution < -0.4 is 10.1 Å². The second kappa shape index (κ2) is 11.2. The maximum Gasteiger partial charge on any atom is 0.269 e. The molecule has 0 aliphatic rings. The number of nitriles is 1. The van der Waals surface area contributed by atoms with E-state index >= 15 is 0 Å². The number of carbonyl (C=O) groups is 1. The van der Waals surface area contributed by atoms with E-state index < -0.39 is 4.92 Å². The lowest BCUT2D eigenvalue weighted by Gasteiger charge is -2.13. The summed E-state index contributed by atoms with van der Waals surface area (Å²) in [6.45, 7) is 0. The summed E-state index contributed by atoms with van der Waals surface area (Å²) in [7, 11) is 1.60. The van der Waals surface area contributed by atoms with Crippen molar-refractivity contribution >= 4 is 29.0 Å². The van der Waals surface area contributed by atoms with Gasteiger partial charge in [-0.15, -0.1) is 0 Å². The number of nitrogens with zero attached hydrogens (tertiary/aromatic N) is 3. The van der Waals surface area contributed by atoms with Gasteiger partial charge in [0, 0.05) is 28.9 Å². The van der Waals surface area contributed by atoms with Crippen LogP contribution in [0, 0.1) is 21.4 Å². The van der Waals surface area contributed by atoms with E-state index in [2.05, 4.69) is 11.4 Å². The molecule has 0 aliphatic carbocycles. The molecule has 0 fully saturated rings. The Labute approximate surface area is 211 Å². The van der Waals surface area contributed by atoms with Gasteiger partial charge in [-0.1, -0.05) is 42.1 Å². The van der Waals surface area contributed by atoms with Crippen LogP contribution in [0.5, 0.6) is 5.75 Å². The van der Waals surface area contributed by atoms with Crippen LogP contribution in [0.4, 0.5) is 11.4 Å². The van der Waals surface area contributed by atoms with Crippen molar-refractivity contribution in [2.45, 2.75) is 5.03 Å². The molecule has 0 saturated carbocycles. The van der Waals surface area contributed by atoms with Gasteiger partial charge in [-0.2, -0.15) is 5.26 Å². The van der Waals surface area contributed by atoms with E-state index in [1.165, 1.54) is 24.3 Å². The summed E-state index contributed by atoms with van der Waals surface area (Å²) in [5.74, 6) is 0.391. The molecule has 8 nitrogen and oxygen atoms in total. The number of benzene rings is 3. The lowest BCUT2D eigenvalue weighted by Crippen LogP contribution is -2.14. The summed E-state index contributed by atoms with van der Waals surface area (Å²) in [5.41, 5.74) is 3.85. The molecule has 1 N–H and O–H groups in total. The van der Waals surface area contributed by atoms with Crippen molar-refractivity contribution in [3.63, 3.8) is 0 Å². The molecule has 0 radical (unpaired) electrons. The third-order valence-corrected chi connectivity index (χ3v) is 6.25. The van der Waals surface area contributed by atoms with E-state index in [9.17, 15) is 20.2 Å². The van der Waals surface area contributed by atoms with E-state index in [0.29, 0.717) is 27.7 Å². The minimum atomic E-state index is -0.503. The molecule has 1 heterocycles. The molecule has 0 spiro atoms. The van der Waals surface area contributed by atoms with E-state index in [4.69, 9.17) is 9.72 Å². The Hall–Kier alpha value is -4.68. The standard InChI is InChI=1S/C27H20N4O4S/c1-35-22-13-7-19(8-14-22)25-15-23(18-5-3-2-4-6-18)24(16-28)27(30-25)36-17-26(32)29-20-9-11-21(12-10-20)31(33)34/h2-15H,17H2,1H3,(H,29,32). The molecule has 4 rings (SSSR count). The van der Waals surface area contributed by atoms with Crippen LogP contribution in [-0.2, 0) is 4.79 Å². The Kier molecular flexibility index (Phi) is 7.58. The number of nitro benzene ring substituents is 1. The number of ether oxygens (including phenoxy) is 1. The summed E-state index contributed by atoms with van der Waals surface area (Å²) in [6, 6.07) is 26.7. The molecule has 0 saturated heterocycles. The largest absolute Gasteiger partial charge is 0.497 e. The van der Waals surface area contributed by atoms with Gasteiger partial charge in [0.1, 0.15) is 16.8 Å². The van der Waals surface area contributed by atoms with Crippen molar-refractivity contribution in [3.8, 4) is 34.2 Å². The molecule has 0 unspecified atom stereocenters. The van der Waals surface area contributed by atoms with Crippen LogP contribution in [0.15, 0.2) is 90.0 Å². The van der Waals surface area contributed by atoms with Crippen LogP contribution in [-0.4, -0.2) is 28.7 Å². The first-order valence-electron chi connectivity index (χ1n) is 10.8. The number of thioether (sulfide) groups is 1. The molecule has 178 valence electrons. The number of carbonyl (C=O) groups excluding carboxylic acids is 1. The quantitative estimate of drug-likeness (QED) is 0.182. The van der Waals surface area contributed by atoms with Crippen LogP contribution >= 0.6 is 11.8 Å². The first-order valence-corrected chi connectivity index (χ1v) is 11.8. The lowest BCUT2D eigenvalue weighted by atomic mass is 9.99. The minimum absolute atomic E-state index is 0.00103. The number of hydrogen-bond donors (Lipinski definition) is 1. The molecular weight excluding hydrogens is 476 g/mol. The van der Waals surface area contributed by atoms with Gasteiger partial charge in [-0.05, 0) is 48.0 Å². The Morgan fingerprint density at radius 1 is 1.06 bits per heavy atom. The second-order valence-electron chi connectivity index (χ2n) is 7.58. The zero-order valence-corrected chi connectivity index (χ0v) is 20.0. The van der Waals surface area contributed by atoms with Gasteiger partial charge in [0.25, 0.3) is 5.69 Å². The topological polar surface area (TPSA) is 118 Å². The van der Waals surface area contributed by atoms with Crippen molar-refractivity contribution in [3.05, 3.63) is 101 Å². The van der Waals surface area contributed by atoms with Gasteiger partial charge in [0.15, 0.2) is 0 Å². The highest BCUT2D eigenvalue weighted by atomic mass is 32.2. The monoisotopic (exact) mass is 496 g/mol. The molecule has 0 atom stereocenters. The van der Waals surface area contributed by atoms with Gasteiger partial charge >= 0.3 is 0 Å². The Morgan fingerprint density at radius 2 is 1.75 bits per heavy atom. The van der Waals surface area contributed by atoms with Crippen LogP contribution in [0.2, 0.25) is 0 Å². The van der Waals surface area contributed by atoms with E-state index in [1.807, 2.05) is 60.7 Å². The molecule has 9 heteroatoms. The Morgan fingerprint density at radius 3 is 2.36 bits per heavy atom. The van der Waals surface area contributed by atoms with Crippen molar-refractivity contribution in [2.24, 2.45) is 0 Å². The molecule has 0 aliphatic heterocycles. The second-order valence-corrected chi connectivity index (χ2v) is 8.55. The average molecular weight is 497 g/mol. The summed E-state index contributed by atoms with van der Waals surface area (Å²) in [4.78, 5) is 27.6. The van der Waals surface area contributed by atoms with Crippen LogP contribution in [0.25, 0.3) is 22.4 Å². The molecular formula is C27H20N4O4S. The Bertz CT molecular complexity index is 1430. The van der Waals surface area contributed by atoms with Gasteiger partial charge < -0.3 is 10.1 Å². The van der Waals surface area contributed by atoms with Gasteiger partial charge in [0.2, 0.25) is 5.91 Å². The van der Waals surface area contributed by atoms with E-state index in [1.54, 1.807) is 7.11 Å². The fourth-order valence-corrected chi connectivity index (χ4v) is 4.29. The van der Waals surface area contributed by atoms with Crippen molar-refractivity contribution < 1.29 is 14.5 Å². The number of methoxy groups -OCH3 is 1. The number of nitro groups is 1. The number of amides is 1. The summed E-state index contributed by atoms with van der Waals surface area (Å²) >= 11 is 1.15. The van der Waals surface area contributed by atoms with Crippen LogP contribution in [0.1, 0.15) is 5.56 Å². The number of anilines is 1. The third kappa shape index (κ3) is 5.68. The van der Waals surface area contributed by atoms with Gasteiger partial charge in [-0.25, -0.2) is 4.98 Å². The average Bonchev–Trinajstić information content (AvgIpc) is 2.92. The zero-order valence-electron chi connectivity index (χ0n) is 19.2. The predicted molar refractivity (Wildman–Crippen MR) is 139 cm³/mol. The normalized spacial score (nSPS) is 10.3. The molecule has 1 aromatic heterocycles. The first-order chi connectivity index (χ1) is 17.5.